The molecule has 0 saturated carbocycles. The summed E-state index contributed by atoms with van der Waals surface area (Å²) in [5.41, 5.74) is 7.51. The number of hydrogen-bond donors (Lipinski definition) is 1. The fourth-order valence-electron chi connectivity index (χ4n) is 2.38. The summed E-state index contributed by atoms with van der Waals surface area (Å²) in [6.07, 6.45) is 1.93. The minimum absolute atomic E-state index is 0.00852. The summed E-state index contributed by atoms with van der Waals surface area (Å²) in [5, 5.41) is 0. The van der Waals surface area contributed by atoms with Crippen molar-refractivity contribution in [3.63, 3.8) is 0 Å². The highest BCUT2D eigenvalue weighted by Crippen LogP contribution is 2.21. The van der Waals surface area contributed by atoms with Crippen molar-refractivity contribution in [2.45, 2.75) is 37.3 Å². The number of nitrogens with two attached hydrogens (primary N) is 1. The van der Waals surface area contributed by atoms with E-state index in [2.05, 4.69) is 0 Å². The standard InChI is InChI=1S/C14H22N2O3S/c1-11-5-6-14(8-12(11)9-15)20(17,18)16(2)10-13-4-3-7-19-13/h5-6,8,13H,3-4,7,9-10,15H2,1-2H3. The lowest BCUT2D eigenvalue weighted by Crippen LogP contribution is -2.34. The molecule has 1 aliphatic rings. The van der Waals surface area contributed by atoms with Crippen LogP contribution in [0.4, 0.5) is 0 Å². The molecular weight excluding hydrogens is 276 g/mol. The van der Waals surface area contributed by atoms with Gasteiger partial charge in [-0.15, -0.1) is 0 Å². The van der Waals surface area contributed by atoms with Crippen molar-refractivity contribution in [2.75, 3.05) is 20.2 Å². The number of aryl methyl sites for hydroxylation is 1. The molecule has 112 valence electrons. The van der Waals surface area contributed by atoms with Crippen LogP contribution >= 0.6 is 0 Å². The Labute approximate surface area is 120 Å². The highest BCUT2D eigenvalue weighted by molar-refractivity contribution is 7.89. The average molecular weight is 298 g/mol. The van der Waals surface area contributed by atoms with Gasteiger partial charge in [0.25, 0.3) is 0 Å². The zero-order chi connectivity index (χ0) is 14.8. The van der Waals surface area contributed by atoms with E-state index in [1.807, 2.05) is 6.92 Å². The molecule has 1 atom stereocenters. The minimum Gasteiger partial charge on any atom is -0.377 e. The third-order valence-electron chi connectivity index (χ3n) is 3.73. The van der Waals surface area contributed by atoms with Crippen molar-refractivity contribution in [1.29, 1.82) is 0 Å². The third-order valence-corrected chi connectivity index (χ3v) is 5.55. The van der Waals surface area contributed by atoms with Gasteiger partial charge in [0.2, 0.25) is 10.0 Å². The Morgan fingerprint density at radius 3 is 2.80 bits per heavy atom. The van der Waals surface area contributed by atoms with E-state index in [0.717, 1.165) is 30.6 Å². The number of hydrogen-bond acceptors (Lipinski definition) is 4. The van der Waals surface area contributed by atoms with Gasteiger partial charge in [-0.2, -0.15) is 4.31 Å². The Kier molecular flexibility index (Phi) is 4.80. The van der Waals surface area contributed by atoms with Gasteiger partial charge in [-0.3, -0.25) is 0 Å². The fraction of sp³-hybridized carbons (Fsp3) is 0.571. The lowest BCUT2D eigenvalue weighted by molar-refractivity contribution is 0.0979. The molecule has 1 saturated heterocycles. The highest BCUT2D eigenvalue weighted by Gasteiger charge is 2.26. The van der Waals surface area contributed by atoms with Crippen molar-refractivity contribution >= 4 is 10.0 Å². The molecule has 1 aromatic rings. The number of nitrogens with zero attached hydrogens (tertiary/aromatic N) is 1. The largest absolute Gasteiger partial charge is 0.377 e. The van der Waals surface area contributed by atoms with Gasteiger partial charge in [-0.25, -0.2) is 8.42 Å². The van der Waals surface area contributed by atoms with Crippen molar-refractivity contribution in [3.8, 4) is 0 Å². The van der Waals surface area contributed by atoms with Gasteiger partial charge in [0.1, 0.15) is 0 Å². The van der Waals surface area contributed by atoms with Crippen LogP contribution in [0.25, 0.3) is 0 Å². The van der Waals surface area contributed by atoms with E-state index < -0.39 is 10.0 Å². The summed E-state index contributed by atoms with van der Waals surface area (Å²) >= 11 is 0. The van der Waals surface area contributed by atoms with Gasteiger partial charge in [-0.05, 0) is 43.0 Å². The molecule has 0 spiro atoms. The van der Waals surface area contributed by atoms with Crippen molar-refractivity contribution in [2.24, 2.45) is 5.73 Å². The molecule has 1 unspecified atom stereocenters. The molecule has 0 amide bonds. The molecule has 20 heavy (non-hydrogen) atoms. The zero-order valence-corrected chi connectivity index (χ0v) is 12.8. The van der Waals surface area contributed by atoms with Gasteiger partial charge in [-0.1, -0.05) is 6.07 Å². The molecule has 1 aliphatic heterocycles. The number of sulfonamides is 1. The van der Waals surface area contributed by atoms with Crippen LogP contribution in [0.5, 0.6) is 0 Å². The maximum atomic E-state index is 12.5. The minimum atomic E-state index is -3.48. The predicted molar refractivity (Wildman–Crippen MR) is 77.9 cm³/mol. The Bertz CT molecular complexity index is 566. The Hall–Kier alpha value is -0.950. The van der Waals surface area contributed by atoms with E-state index in [1.54, 1.807) is 25.2 Å². The highest BCUT2D eigenvalue weighted by atomic mass is 32.2. The third kappa shape index (κ3) is 3.20. The molecule has 0 radical (unpaired) electrons. The first kappa shape index (κ1) is 15.4. The number of ether oxygens (including phenoxy) is 1. The van der Waals surface area contributed by atoms with Gasteiger partial charge in [0.05, 0.1) is 11.0 Å². The topological polar surface area (TPSA) is 72.6 Å². The zero-order valence-electron chi connectivity index (χ0n) is 12.0. The second kappa shape index (κ2) is 6.22. The summed E-state index contributed by atoms with van der Waals surface area (Å²) in [7, 11) is -1.88. The van der Waals surface area contributed by atoms with Crippen molar-refractivity contribution < 1.29 is 13.2 Å². The molecule has 0 aromatic heterocycles. The maximum Gasteiger partial charge on any atom is 0.242 e. The molecule has 0 bridgehead atoms. The van der Waals surface area contributed by atoms with Crippen LogP contribution in [0.2, 0.25) is 0 Å². The van der Waals surface area contributed by atoms with Crippen LogP contribution in [0.3, 0.4) is 0 Å². The molecule has 0 aliphatic carbocycles. The Morgan fingerprint density at radius 1 is 1.45 bits per heavy atom. The summed E-state index contributed by atoms with van der Waals surface area (Å²) in [5.74, 6) is 0. The van der Waals surface area contributed by atoms with Gasteiger partial charge >= 0.3 is 0 Å². The molecule has 1 heterocycles. The van der Waals surface area contributed by atoms with E-state index in [9.17, 15) is 8.42 Å². The lowest BCUT2D eigenvalue weighted by atomic mass is 10.1. The van der Waals surface area contributed by atoms with Gasteiger partial charge in [0.15, 0.2) is 0 Å². The van der Waals surface area contributed by atoms with E-state index in [4.69, 9.17) is 10.5 Å². The number of rotatable bonds is 5. The first-order chi connectivity index (χ1) is 9.45. The van der Waals surface area contributed by atoms with E-state index in [1.165, 1.54) is 4.31 Å². The summed E-state index contributed by atoms with van der Waals surface area (Å²) in [6, 6.07) is 5.10. The number of likely N-dealkylation sites (N-methyl/N-ethyl adjacent to an activating group) is 1. The quantitative estimate of drug-likeness (QED) is 0.888. The second-order valence-corrected chi connectivity index (χ2v) is 7.26. The Morgan fingerprint density at radius 2 is 2.20 bits per heavy atom. The molecule has 2 N–H and O–H groups in total. The monoisotopic (exact) mass is 298 g/mol. The van der Waals surface area contributed by atoms with E-state index >= 15 is 0 Å². The van der Waals surface area contributed by atoms with Gasteiger partial charge < -0.3 is 10.5 Å². The smallest absolute Gasteiger partial charge is 0.242 e. The maximum absolute atomic E-state index is 12.5. The van der Waals surface area contributed by atoms with Crippen LogP contribution in [0, 0.1) is 6.92 Å². The lowest BCUT2D eigenvalue weighted by Gasteiger charge is -2.21. The van der Waals surface area contributed by atoms with Crippen LogP contribution in [-0.4, -0.2) is 39.0 Å². The normalized spacial score (nSPS) is 19.7. The summed E-state index contributed by atoms with van der Waals surface area (Å²) in [4.78, 5) is 0.295. The SMILES string of the molecule is Cc1ccc(S(=O)(=O)N(C)CC2CCCO2)cc1CN. The molecule has 5 nitrogen and oxygen atoms in total. The molecule has 1 fully saturated rings. The summed E-state index contributed by atoms with van der Waals surface area (Å²) < 4.78 is 31.9. The van der Waals surface area contributed by atoms with E-state index in [-0.39, 0.29) is 6.10 Å². The molecule has 2 rings (SSSR count). The Balaban J connectivity index is 2.20. The second-order valence-electron chi connectivity index (χ2n) is 5.21. The van der Waals surface area contributed by atoms with Crippen molar-refractivity contribution in [1.82, 2.24) is 4.31 Å². The van der Waals surface area contributed by atoms with Crippen LogP contribution < -0.4 is 5.73 Å². The van der Waals surface area contributed by atoms with Crippen LogP contribution in [0.1, 0.15) is 24.0 Å². The first-order valence-corrected chi connectivity index (χ1v) is 8.26. The molecular formula is C14H22N2O3S. The fourth-order valence-corrected chi connectivity index (χ4v) is 3.63. The summed E-state index contributed by atoms with van der Waals surface area (Å²) in [6.45, 7) is 3.38. The first-order valence-electron chi connectivity index (χ1n) is 6.82. The average Bonchev–Trinajstić information content (AvgIpc) is 2.91. The molecule has 6 heteroatoms. The van der Waals surface area contributed by atoms with Crippen molar-refractivity contribution in [3.05, 3.63) is 29.3 Å². The number of benzene rings is 1. The van der Waals surface area contributed by atoms with E-state index in [0.29, 0.717) is 18.0 Å². The van der Waals surface area contributed by atoms with Gasteiger partial charge in [0, 0.05) is 26.7 Å². The van der Waals surface area contributed by atoms with Crippen LogP contribution in [0.15, 0.2) is 23.1 Å². The van der Waals surface area contributed by atoms with Crippen LogP contribution in [-0.2, 0) is 21.3 Å². The molecule has 1 aromatic carbocycles. The predicted octanol–water partition coefficient (Wildman–Crippen LogP) is 1.25.